The highest BCUT2D eigenvalue weighted by atomic mass is 16.5. The van der Waals surface area contributed by atoms with Crippen molar-refractivity contribution in [3.05, 3.63) is 36.2 Å². The van der Waals surface area contributed by atoms with Gasteiger partial charge >= 0.3 is 0 Å². The molecule has 20 heavy (non-hydrogen) atoms. The molecule has 1 aromatic heterocycles. The first-order valence-electron chi connectivity index (χ1n) is 6.51. The zero-order valence-corrected chi connectivity index (χ0v) is 12.6. The fourth-order valence-corrected chi connectivity index (χ4v) is 2.13. The third-order valence-electron chi connectivity index (χ3n) is 3.14. The van der Waals surface area contributed by atoms with E-state index < -0.39 is 0 Å². The average Bonchev–Trinajstić information content (AvgIpc) is 2.45. The molecule has 0 fully saturated rings. The number of hydrogen-bond donors (Lipinski definition) is 0. The van der Waals surface area contributed by atoms with Gasteiger partial charge in [0.05, 0.1) is 14.2 Å². The van der Waals surface area contributed by atoms with Crippen LogP contribution in [0.3, 0.4) is 0 Å². The van der Waals surface area contributed by atoms with Crippen LogP contribution in [0.15, 0.2) is 30.6 Å². The first-order chi connectivity index (χ1) is 9.47. The highest BCUT2D eigenvalue weighted by molar-refractivity contribution is 5.67. The Kier molecular flexibility index (Phi) is 3.93. The Morgan fingerprint density at radius 3 is 2.25 bits per heavy atom. The van der Waals surface area contributed by atoms with Gasteiger partial charge in [0.2, 0.25) is 5.88 Å². The number of rotatable bonds is 3. The van der Waals surface area contributed by atoms with Crippen molar-refractivity contribution in [2.75, 3.05) is 14.2 Å². The van der Waals surface area contributed by atoms with Crippen LogP contribution in [0.4, 0.5) is 0 Å². The first-order valence-corrected chi connectivity index (χ1v) is 6.51. The molecule has 0 aliphatic heterocycles. The molecular weight excluding hydrogens is 252 g/mol. The summed E-state index contributed by atoms with van der Waals surface area (Å²) in [5.74, 6) is 1.36. The lowest BCUT2D eigenvalue weighted by atomic mass is 9.85. The summed E-state index contributed by atoms with van der Waals surface area (Å²) in [5.41, 5.74) is 2.83. The fraction of sp³-hybridized carbons (Fsp3) is 0.375. The van der Waals surface area contributed by atoms with Gasteiger partial charge in [-0.1, -0.05) is 32.9 Å². The van der Waals surface area contributed by atoms with Crippen molar-refractivity contribution in [2.45, 2.75) is 26.2 Å². The van der Waals surface area contributed by atoms with E-state index in [2.05, 4.69) is 36.8 Å². The highest BCUT2D eigenvalue weighted by Crippen LogP contribution is 2.35. The highest BCUT2D eigenvalue weighted by Gasteiger charge is 2.20. The molecule has 1 heterocycles. The molecule has 4 nitrogen and oxygen atoms in total. The zero-order chi connectivity index (χ0) is 14.8. The Labute approximate surface area is 119 Å². The van der Waals surface area contributed by atoms with E-state index in [1.807, 2.05) is 12.1 Å². The molecule has 106 valence electrons. The van der Waals surface area contributed by atoms with Gasteiger partial charge in [0, 0.05) is 18.0 Å². The Hall–Kier alpha value is -2.10. The van der Waals surface area contributed by atoms with Crippen LogP contribution in [-0.2, 0) is 5.41 Å². The lowest BCUT2D eigenvalue weighted by molar-refractivity contribution is 0.395. The molecule has 0 aliphatic carbocycles. The lowest BCUT2D eigenvalue weighted by Crippen LogP contribution is -2.12. The zero-order valence-electron chi connectivity index (χ0n) is 12.6. The van der Waals surface area contributed by atoms with Crippen molar-refractivity contribution >= 4 is 0 Å². The summed E-state index contributed by atoms with van der Waals surface area (Å²) in [6, 6.07) is 6.07. The minimum absolute atomic E-state index is 0.0241. The molecule has 0 aliphatic rings. The summed E-state index contributed by atoms with van der Waals surface area (Å²) in [7, 11) is 3.27. The number of ether oxygens (including phenoxy) is 2. The normalized spacial score (nSPS) is 11.2. The fourth-order valence-electron chi connectivity index (χ4n) is 2.13. The Bertz CT molecular complexity index is 604. The minimum Gasteiger partial charge on any atom is -0.496 e. The number of methoxy groups -OCH3 is 2. The van der Waals surface area contributed by atoms with E-state index in [0.29, 0.717) is 11.6 Å². The molecule has 4 heteroatoms. The molecule has 0 saturated carbocycles. The number of aromatic nitrogens is 2. The summed E-state index contributed by atoms with van der Waals surface area (Å²) in [6.07, 6.45) is 3.27. The minimum atomic E-state index is 0.0241. The van der Waals surface area contributed by atoms with E-state index in [-0.39, 0.29) is 5.41 Å². The maximum absolute atomic E-state index is 5.52. The molecule has 0 saturated heterocycles. The van der Waals surface area contributed by atoms with E-state index in [1.165, 1.54) is 0 Å². The van der Waals surface area contributed by atoms with Crippen molar-refractivity contribution in [3.8, 4) is 22.9 Å². The molecule has 0 N–H and O–H groups in total. The van der Waals surface area contributed by atoms with Crippen LogP contribution in [0.1, 0.15) is 26.3 Å². The number of hydrogen-bond acceptors (Lipinski definition) is 4. The van der Waals surface area contributed by atoms with Gasteiger partial charge in [-0.15, -0.1) is 0 Å². The summed E-state index contributed by atoms with van der Waals surface area (Å²) < 4.78 is 10.8. The summed E-state index contributed by atoms with van der Waals surface area (Å²) >= 11 is 0. The van der Waals surface area contributed by atoms with Gasteiger partial charge in [0.25, 0.3) is 0 Å². The smallest absolute Gasteiger partial charge is 0.240 e. The summed E-state index contributed by atoms with van der Waals surface area (Å²) in [6.45, 7) is 6.48. The van der Waals surface area contributed by atoms with E-state index in [1.54, 1.807) is 26.6 Å². The van der Waals surface area contributed by atoms with Gasteiger partial charge in [-0.3, -0.25) is 0 Å². The largest absolute Gasteiger partial charge is 0.496 e. The second kappa shape index (κ2) is 5.49. The number of benzene rings is 1. The van der Waals surface area contributed by atoms with Crippen molar-refractivity contribution in [2.24, 2.45) is 0 Å². The van der Waals surface area contributed by atoms with Crippen LogP contribution >= 0.6 is 0 Å². The SMILES string of the molecule is COc1cc(-c2nccnc2OC)ccc1C(C)(C)C. The Balaban J connectivity index is 2.55. The molecule has 0 radical (unpaired) electrons. The average molecular weight is 272 g/mol. The summed E-state index contributed by atoms with van der Waals surface area (Å²) in [5, 5.41) is 0. The molecule has 2 aromatic rings. The Morgan fingerprint density at radius 1 is 0.950 bits per heavy atom. The topological polar surface area (TPSA) is 44.2 Å². The van der Waals surface area contributed by atoms with Gasteiger partial charge in [0.1, 0.15) is 11.4 Å². The van der Waals surface area contributed by atoms with Gasteiger partial charge < -0.3 is 9.47 Å². The van der Waals surface area contributed by atoms with Crippen LogP contribution in [0.25, 0.3) is 11.3 Å². The van der Waals surface area contributed by atoms with Crippen LogP contribution < -0.4 is 9.47 Å². The molecule has 0 unspecified atom stereocenters. The predicted octanol–water partition coefficient (Wildman–Crippen LogP) is 3.46. The van der Waals surface area contributed by atoms with Crippen molar-refractivity contribution < 1.29 is 9.47 Å². The van der Waals surface area contributed by atoms with Gasteiger partial charge in [-0.05, 0) is 17.0 Å². The van der Waals surface area contributed by atoms with Gasteiger partial charge in [0.15, 0.2) is 0 Å². The molecule has 0 spiro atoms. The second-order valence-corrected chi connectivity index (χ2v) is 5.58. The van der Waals surface area contributed by atoms with Gasteiger partial charge in [-0.25, -0.2) is 9.97 Å². The maximum atomic E-state index is 5.52. The third kappa shape index (κ3) is 2.74. The predicted molar refractivity (Wildman–Crippen MR) is 79.3 cm³/mol. The second-order valence-electron chi connectivity index (χ2n) is 5.58. The van der Waals surface area contributed by atoms with Crippen molar-refractivity contribution in [1.82, 2.24) is 9.97 Å². The van der Waals surface area contributed by atoms with Crippen LogP contribution in [-0.4, -0.2) is 24.2 Å². The van der Waals surface area contributed by atoms with E-state index in [0.717, 1.165) is 16.9 Å². The standard InChI is InChI=1S/C16H20N2O2/c1-16(2,3)12-7-6-11(10-13(12)19-4)14-15(20-5)18-9-8-17-14/h6-10H,1-5H3. The molecule has 2 rings (SSSR count). The van der Waals surface area contributed by atoms with Crippen molar-refractivity contribution in [3.63, 3.8) is 0 Å². The van der Waals surface area contributed by atoms with Crippen LogP contribution in [0.5, 0.6) is 11.6 Å². The summed E-state index contributed by atoms with van der Waals surface area (Å²) in [4.78, 5) is 8.52. The molecule has 0 atom stereocenters. The molecular formula is C16H20N2O2. The van der Waals surface area contributed by atoms with Gasteiger partial charge in [-0.2, -0.15) is 0 Å². The maximum Gasteiger partial charge on any atom is 0.240 e. The third-order valence-corrected chi connectivity index (χ3v) is 3.14. The first kappa shape index (κ1) is 14.3. The van der Waals surface area contributed by atoms with E-state index >= 15 is 0 Å². The lowest BCUT2D eigenvalue weighted by Gasteiger charge is -2.22. The van der Waals surface area contributed by atoms with Crippen LogP contribution in [0.2, 0.25) is 0 Å². The number of nitrogens with zero attached hydrogens (tertiary/aromatic N) is 2. The molecule has 0 bridgehead atoms. The quantitative estimate of drug-likeness (QED) is 0.858. The molecule has 0 amide bonds. The molecule has 1 aromatic carbocycles. The van der Waals surface area contributed by atoms with E-state index in [9.17, 15) is 0 Å². The van der Waals surface area contributed by atoms with Crippen molar-refractivity contribution in [1.29, 1.82) is 0 Å². The van der Waals surface area contributed by atoms with E-state index in [4.69, 9.17) is 9.47 Å². The monoisotopic (exact) mass is 272 g/mol. The van der Waals surface area contributed by atoms with Crippen LogP contribution in [0, 0.1) is 0 Å². The Morgan fingerprint density at radius 2 is 1.65 bits per heavy atom.